The summed E-state index contributed by atoms with van der Waals surface area (Å²) in [5, 5.41) is 0. The number of aryl methyl sites for hydroxylation is 1. The molecule has 0 fully saturated rings. The average molecular weight is 211 g/mol. The van der Waals surface area contributed by atoms with Gasteiger partial charge in [-0.1, -0.05) is 0 Å². The minimum Gasteiger partial charge on any atom is -0.331 e. The van der Waals surface area contributed by atoms with Gasteiger partial charge in [0.2, 0.25) is 0 Å². The Morgan fingerprint density at radius 1 is 1.07 bits per heavy atom. The van der Waals surface area contributed by atoms with Gasteiger partial charge in [-0.2, -0.15) is 0 Å². The molecule has 0 radical (unpaired) electrons. The van der Waals surface area contributed by atoms with Crippen molar-refractivity contribution < 1.29 is 14.2 Å². The molecule has 0 amide bonds. The van der Waals surface area contributed by atoms with Gasteiger partial charge in [0, 0.05) is 40.1 Å². The zero-order valence-electron chi connectivity index (χ0n) is 9.40. The largest absolute Gasteiger partial charge is 0.331 e. The molecule has 1 rings (SSSR count). The molecule has 1 heterocycles. The van der Waals surface area contributed by atoms with E-state index in [1.807, 2.05) is 12.1 Å². The van der Waals surface area contributed by atoms with Gasteiger partial charge in [0.25, 0.3) is 5.97 Å². The van der Waals surface area contributed by atoms with E-state index in [0.717, 1.165) is 6.42 Å². The summed E-state index contributed by atoms with van der Waals surface area (Å²) < 4.78 is 15.6. The van der Waals surface area contributed by atoms with Gasteiger partial charge in [0.05, 0.1) is 0 Å². The maximum Gasteiger partial charge on any atom is 0.282 e. The van der Waals surface area contributed by atoms with Crippen LogP contribution in [0.2, 0.25) is 0 Å². The highest BCUT2D eigenvalue weighted by Crippen LogP contribution is 2.19. The molecule has 4 heteroatoms. The first-order valence-corrected chi connectivity index (χ1v) is 4.80. The molecule has 0 aliphatic heterocycles. The summed E-state index contributed by atoms with van der Waals surface area (Å²) in [7, 11) is 4.71. The smallest absolute Gasteiger partial charge is 0.282 e. The Kier molecular flexibility index (Phi) is 4.68. The Morgan fingerprint density at radius 3 is 2.07 bits per heavy atom. The second-order valence-corrected chi connectivity index (χ2v) is 3.15. The second kappa shape index (κ2) is 5.80. The van der Waals surface area contributed by atoms with E-state index in [2.05, 4.69) is 4.98 Å². The Morgan fingerprint density at radius 2 is 1.60 bits per heavy atom. The number of aromatic nitrogens is 1. The lowest BCUT2D eigenvalue weighted by Crippen LogP contribution is -2.36. The number of methoxy groups -OCH3 is 3. The van der Waals surface area contributed by atoms with Crippen LogP contribution in [0.5, 0.6) is 0 Å². The molecule has 0 saturated heterocycles. The minimum atomic E-state index is -0.941. The van der Waals surface area contributed by atoms with Crippen LogP contribution in [0, 0.1) is 0 Å². The summed E-state index contributed by atoms with van der Waals surface area (Å²) >= 11 is 0. The summed E-state index contributed by atoms with van der Waals surface area (Å²) in [5.74, 6) is -0.941. The van der Waals surface area contributed by atoms with Crippen molar-refractivity contribution in [1.82, 2.24) is 4.98 Å². The van der Waals surface area contributed by atoms with Gasteiger partial charge in [-0.25, -0.2) is 0 Å². The lowest BCUT2D eigenvalue weighted by Gasteiger charge is -2.28. The number of hydrogen-bond donors (Lipinski definition) is 0. The predicted octanol–water partition coefficient (Wildman–Crippen LogP) is 1.61. The highest BCUT2D eigenvalue weighted by atomic mass is 16.9. The molecule has 0 aromatic carbocycles. The molecule has 0 unspecified atom stereocenters. The lowest BCUT2D eigenvalue weighted by atomic mass is 10.1. The second-order valence-electron chi connectivity index (χ2n) is 3.15. The van der Waals surface area contributed by atoms with E-state index in [-0.39, 0.29) is 0 Å². The lowest BCUT2D eigenvalue weighted by molar-refractivity contribution is -0.354. The van der Waals surface area contributed by atoms with E-state index >= 15 is 0 Å². The molecule has 0 N–H and O–H groups in total. The zero-order chi connectivity index (χ0) is 11.1. The summed E-state index contributed by atoms with van der Waals surface area (Å²) in [6, 6.07) is 3.93. The van der Waals surface area contributed by atoms with Gasteiger partial charge in [-0.05, 0) is 24.1 Å². The Labute approximate surface area is 90.2 Å². The zero-order valence-corrected chi connectivity index (χ0v) is 9.40. The third kappa shape index (κ3) is 3.27. The monoisotopic (exact) mass is 211 g/mol. The van der Waals surface area contributed by atoms with E-state index in [1.54, 1.807) is 33.7 Å². The molecule has 0 bridgehead atoms. The number of ether oxygens (including phenoxy) is 3. The Bertz CT molecular complexity index is 264. The van der Waals surface area contributed by atoms with Crippen molar-refractivity contribution in [3.05, 3.63) is 30.1 Å². The number of pyridine rings is 1. The third-order valence-corrected chi connectivity index (χ3v) is 2.40. The Hall–Kier alpha value is -0.970. The van der Waals surface area contributed by atoms with Gasteiger partial charge in [-0.15, -0.1) is 0 Å². The summed E-state index contributed by atoms with van der Waals surface area (Å²) in [6.45, 7) is 0. The number of rotatable bonds is 6. The molecule has 0 atom stereocenters. The van der Waals surface area contributed by atoms with E-state index in [0.29, 0.717) is 6.42 Å². The van der Waals surface area contributed by atoms with Crippen molar-refractivity contribution in [3.63, 3.8) is 0 Å². The Balaban J connectivity index is 2.54. The van der Waals surface area contributed by atoms with Crippen molar-refractivity contribution in [2.24, 2.45) is 0 Å². The first kappa shape index (κ1) is 12.1. The van der Waals surface area contributed by atoms with E-state index in [1.165, 1.54) is 5.56 Å². The molecule has 0 aliphatic carbocycles. The van der Waals surface area contributed by atoms with Crippen LogP contribution < -0.4 is 0 Å². The molecule has 0 aliphatic rings. The standard InChI is InChI=1S/C11H17NO3/c1-13-11(14-2,15-3)7-4-10-5-8-12-9-6-10/h5-6,8-9H,4,7H2,1-3H3. The first-order chi connectivity index (χ1) is 7.26. The fourth-order valence-corrected chi connectivity index (χ4v) is 1.40. The number of nitrogens with zero attached hydrogens (tertiary/aromatic N) is 1. The van der Waals surface area contributed by atoms with E-state index < -0.39 is 5.97 Å². The van der Waals surface area contributed by atoms with Crippen molar-refractivity contribution in [2.45, 2.75) is 18.8 Å². The molecular formula is C11H17NO3. The maximum absolute atomic E-state index is 5.20. The molecule has 0 spiro atoms. The van der Waals surface area contributed by atoms with E-state index in [4.69, 9.17) is 14.2 Å². The van der Waals surface area contributed by atoms with Crippen molar-refractivity contribution in [3.8, 4) is 0 Å². The van der Waals surface area contributed by atoms with Gasteiger partial charge in [0.15, 0.2) is 0 Å². The molecule has 0 saturated carbocycles. The van der Waals surface area contributed by atoms with Crippen LogP contribution >= 0.6 is 0 Å². The number of hydrogen-bond acceptors (Lipinski definition) is 4. The van der Waals surface area contributed by atoms with Crippen molar-refractivity contribution >= 4 is 0 Å². The fraction of sp³-hybridized carbons (Fsp3) is 0.545. The van der Waals surface area contributed by atoms with Crippen LogP contribution in [-0.2, 0) is 20.6 Å². The fourth-order valence-electron chi connectivity index (χ4n) is 1.40. The van der Waals surface area contributed by atoms with Crippen LogP contribution in [0.25, 0.3) is 0 Å². The van der Waals surface area contributed by atoms with Gasteiger partial charge in [-0.3, -0.25) is 4.98 Å². The third-order valence-electron chi connectivity index (χ3n) is 2.40. The van der Waals surface area contributed by atoms with Crippen LogP contribution in [0.4, 0.5) is 0 Å². The van der Waals surface area contributed by atoms with Gasteiger partial charge < -0.3 is 14.2 Å². The van der Waals surface area contributed by atoms with Crippen molar-refractivity contribution in [2.75, 3.05) is 21.3 Å². The van der Waals surface area contributed by atoms with Crippen LogP contribution in [0.1, 0.15) is 12.0 Å². The minimum absolute atomic E-state index is 0.639. The summed E-state index contributed by atoms with van der Waals surface area (Å²) in [4.78, 5) is 3.96. The molecule has 15 heavy (non-hydrogen) atoms. The van der Waals surface area contributed by atoms with Crippen LogP contribution in [-0.4, -0.2) is 32.3 Å². The quantitative estimate of drug-likeness (QED) is 0.670. The predicted molar refractivity (Wildman–Crippen MR) is 56.3 cm³/mol. The highest BCUT2D eigenvalue weighted by molar-refractivity contribution is 5.09. The van der Waals surface area contributed by atoms with Crippen LogP contribution in [0.3, 0.4) is 0 Å². The molecule has 84 valence electrons. The highest BCUT2D eigenvalue weighted by Gasteiger charge is 2.28. The summed E-state index contributed by atoms with van der Waals surface area (Å²) in [5.41, 5.74) is 1.18. The molecule has 1 aromatic heterocycles. The topological polar surface area (TPSA) is 40.6 Å². The first-order valence-electron chi connectivity index (χ1n) is 4.80. The normalized spacial score (nSPS) is 11.7. The molecular weight excluding hydrogens is 194 g/mol. The van der Waals surface area contributed by atoms with Gasteiger partial charge in [0.1, 0.15) is 0 Å². The van der Waals surface area contributed by atoms with Crippen LogP contribution in [0.15, 0.2) is 24.5 Å². The van der Waals surface area contributed by atoms with Crippen molar-refractivity contribution in [1.29, 1.82) is 0 Å². The molecule has 4 nitrogen and oxygen atoms in total. The molecule has 1 aromatic rings. The van der Waals surface area contributed by atoms with E-state index in [9.17, 15) is 0 Å². The average Bonchev–Trinajstić information content (AvgIpc) is 2.33. The summed E-state index contributed by atoms with van der Waals surface area (Å²) in [6.07, 6.45) is 4.99. The SMILES string of the molecule is COC(CCc1ccncc1)(OC)OC. The maximum atomic E-state index is 5.20. The van der Waals surface area contributed by atoms with Gasteiger partial charge >= 0.3 is 0 Å².